The third-order valence-electron chi connectivity index (χ3n) is 2.95. The standard InChI is InChI=1S/C15H27NO2/c1-11(2)13(9-15(4,5)10-17)7-8-14(16)12(3)18-6/h7-8,12,17H,1,9-10,16H2,2-6H3/b13-7+,14-8+. The van der Waals surface area contributed by atoms with Crippen molar-refractivity contribution in [3.05, 3.63) is 35.6 Å². The fraction of sp³-hybridized carbons (Fsp3) is 0.600. The van der Waals surface area contributed by atoms with Crippen LogP contribution in [-0.2, 0) is 4.74 Å². The van der Waals surface area contributed by atoms with Gasteiger partial charge in [-0.15, -0.1) is 0 Å². The smallest absolute Gasteiger partial charge is 0.0935 e. The Kier molecular flexibility index (Phi) is 6.96. The summed E-state index contributed by atoms with van der Waals surface area (Å²) >= 11 is 0. The minimum absolute atomic E-state index is 0.0986. The average Bonchev–Trinajstić information content (AvgIpc) is 2.32. The highest BCUT2D eigenvalue weighted by molar-refractivity contribution is 5.32. The zero-order valence-electron chi connectivity index (χ0n) is 12.3. The van der Waals surface area contributed by atoms with Gasteiger partial charge in [-0.2, -0.15) is 0 Å². The lowest BCUT2D eigenvalue weighted by molar-refractivity contribution is 0.145. The zero-order valence-corrected chi connectivity index (χ0v) is 12.3. The molecule has 0 fully saturated rings. The van der Waals surface area contributed by atoms with Crippen LogP contribution in [0, 0.1) is 5.41 Å². The summed E-state index contributed by atoms with van der Waals surface area (Å²) in [5.74, 6) is 0. The molecule has 0 saturated heterocycles. The number of aliphatic hydroxyl groups excluding tert-OH is 1. The van der Waals surface area contributed by atoms with Gasteiger partial charge in [-0.3, -0.25) is 0 Å². The molecule has 0 aromatic heterocycles. The van der Waals surface area contributed by atoms with Crippen molar-refractivity contribution in [1.29, 1.82) is 0 Å². The third kappa shape index (κ3) is 6.03. The highest BCUT2D eigenvalue weighted by Gasteiger charge is 2.18. The molecule has 104 valence electrons. The van der Waals surface area contributed by atoms with Gasteiger partial charge in [-0.05, 0) is 37.3 Å². The topological polar surface area (TPSA) is 55.5 Å². The Morgan fingerprint density at radius 2 is 2.00 bits per heavy atom. The van der Waals surface area contributed by atoms with Crippen LogP contribution >= 0.6 is 0 Å². The monoisotopic (exact) mass is 253 g/mol. The Labute approximate surface area is 111 Å². The molecule has 0 aromatic rings. The number of allylic oxidation sites excluding steroid dienone is 4. The van der Waals surface area contributed by atoms with E-state index in [0.29, 0.717) is 5.70 Å². The van der Waals surface area contributed by atoms with E-state index in [1.165, 1.54) is 0 Å². The number of hydrogen-bond donors (Lipinski definition) is 2. The van der Waals surface area contributed by atoms with E-state index in [2.05, 4.69) is 6.58 Å². The number of hydrogen-bond acceptors (Lipinski definition) is 3. The highest BCUT2D eigenvalue weighted by Crippen LogP contribution is 2.27. The van der Waals surface area contributed by atoms with Crippen molar-refractivity contribution in [2.75, 3.05) is 13.7 Å². The molecule has 0 heterocycles. The molecule has 18 heavy (non-hydrogen) atoms. The minimum Gasteiger partial charge on any atom is -0.400 e. The minimum atomic E-state index is -0.153. The Bertz CT molecular complexity index is 340. The van der Waals surface area contributed by atoms with Gasteiger partial charge in [0.15, 0.2) is 0 Å². The molecule has 3 heteroatoms. The fourth-order valence-electron chi connectivity index (χ4n) is 1.39. The summed E-state index contributed by atoms with van der Waals surface area (Å²) in [6, 6.07) is 0. The maximum Gasteiger partial charge on any atom is 0.0935 e. The second-order valence-corrected chi connectivity index (χ2v) is 5.52. The summed E-state index contributed by atoms with van der Waals surface area (Å²) in [6.07, 6.45) is 4.48. The number of aliphatic hydroxyl groups is 1. The molecule has 3 N–H and O–H groups in total. The molecule has 3 nitrogen and oxygen atoms in total. The largest absolute Gasteiger partial charge is 0.400 e. The normalized spacial score (nSPS) is 15.7. The van der Waals surface area contributed by atoms with Crippen molar-refractivity contribution < 1.29 is 9.84 Å². The van der Waals surface area contributed by atoms with Gasteiger partial charge in [0.05, 0.1) is 6.10 Å². The van der Waals surface area contributed by atoms with E-state index in [4.69, 9.17) is 10.5 Å². The molecule has 0 bridgehead atoms. The van der Waals surface area contributed by atoms with Gasteiger partial charge < -0.3 is 15.6 Å². The Balaban J connectivity index is 4.97. The summed E-state index contributed by atoms with van der Waals surface area (Å²) in [7, 11) is 1.63. The van der Waals surface area contributed by atoms with Crippen molar-refractivity contribution in [3.8, 4) is 0 Å². The molecule has 0 amide bonds. The second kappa shape index (κ2) is 7.39. The average molecular weight is 253 g/mol. The molecule has 0 rings (SSSR count). The van der Waals surface area contributed by atoms with Gasteiger partial charge in [-0.1, -0.05) is 32.1 Å². The molecule has 0 saturated carbocycles. The van der Waals surface area contributed by atoms with Crippen LogP contribution in [0.5, 0.6) is 0 Å². The van der Waals surface area contributed by atoms with Crippen LogP contribution in [0.2, 0.25) is 0 Å². The third-order valence-corrected chi connectivity index (χ3v) is 2.95. The van der Waals surface area contributed by atoms with Crippen LogP contribution < -0.4 is 5.73 Å². The van der Waals surface area contributed by atoms with E-state index in [1.54, 1.807) is 7.11 Å². The number of rotatable bonds is 7. The summed E-state index contributed by atoms with van der Waals surface area (Å²) in [5.41, 5.74) is 8.50. The molecule has 0 aliphatic carbocycles. The predicted molar refractivity (Wildman–Crippen MR) is 77.1 cm³/mol. The van der Waals surface area contributed by atoms with E-state index >= 15 is 0 Å². The van der Waals surface area contributed by atoms with E-state index in [9.17, 15) is 5.11 Å². The molecular formula is C15H27NO2. The number of ether oxygens (including phenoxy) is 1. The Morgan fingerprint density at radius 1 is 1.44 bits per heavy atom. The summed E-state index contributed by atoms with van der Waals surface area (Å²) in [4.78, 5) is 0. The Hall–Kier alpha value is -1.06. The highest BCUT2D eigenvalue weighted by atomic mass is 16.5. The van der Waals surface area contributed by atoms with Crippen LogP contribution in [0.1, 0.15) is 34.1 Å². The molecule has 1 atom stereocenters. The van der Waals surface area contributed by atoms with E-state index < -0.39 is 0 Å². The zero-order chi connectivity index (χ0) is 14.3. The van der Waals surface area contributed by atoms with E-state index in [1.807, 2.05) is 39.8 Å². The van der Waals surface area contributed by atoms with Crippen LogP contribution in [-0.4, -0.2) is 24.9 Å². The fourth-order valence-corrected chi connectivity index (χ4v) is 1.39. The van der Waals surface area contributed by atoms with Crippen molar-refractivity contribution >= 4 is 0 Å². The second-order valence-electron chi connectivity index (χ2n) is 5.52. The lowest BCUT2D eigenvalue weighted by atomic mass is 9.84. The van der Waals surface area contributed by atoms with Gasteiger partial charge >= 0.3 is 0 Å². The molecule has 0 aromatic carbocycles. The first-order valence-corrected chi connectivity index (χ1v) is 6.19. The van der Waals surface area contributed by atoms with Crippen LogP contribution in [0.15, 0.2) is 35.6 Å². The molecular weight excluding hydrogens is 226 g/mol. The first-order valence-electron chi connectivity index (χ1n) is 6.19. The summed E-state index contributed by atoms with van der Waals surface area (Å²) in [5, 5.41) is 9.31. The molecule has 0 aliphatic heterocycles. The molecule has 0 aliphatic rings. The lowest BCUT2D eigenvalue weighted by Crippen LogP contribution is -2.18. The summed E-state index contributed by atoms with van der Waals surface area (Å²) in [6.45, 7) is 12.0. The van der Waals surface area contributed by atoms with Gasteiger partial charge in [0.25, 0.3) is 0 Å². The van der Waals surface area contributed by atoms with Crippen LogP contribution in [0.4, 0.5) is 0 Å². The predicted octanol–water partition coefficient (Wildman–Crippen LogP) is 2.78. The van der Waals surface area contributed by atoms with Crippen molar-refractivity contribution in [2.24, 2.45) is 11.1 Å². The quantitative estimate of drug-likeness (QED) is 0.686. The van der Waals surface area contributed by atoms with Crippen molar-refractivity contribution in [1.82, 2.24) is 0 Å². The molecule has 0 radical (unpaired) electrons. The summed E-state index contributed by atoms with van der Waals surface area (Å²) < 4.78 is 5.14. The van der Waals surface area contributed by atoms with Gasteiger partial charge in [-0.25, -0.2) is 0 Å². The molecule has 1 unspecified atom stereocenters. The van der Waals surface area contributed by atoms with Crippen molar-refractivity contribution in [2.45, 2.75) is 40.2 Å². The van der Waals surface area contributed by atoms with E-state index in [0.717, 1.165) is 17.6 Å². The maximum atomic E-state index is 9.31. The van der Waals surface area contributed by atoms with Gasteiger partial charge in [0.2, 0.25) is 0 Å². The lowest BCUT2D eigenvalue weighted by Gasteiger charge is -2.23. The van der Waals surface area contributed by atoms with E-state index in [-0.39, 0.29) is 18.1 Å². The first-order chi connectivity index (χ1) is 8.23. The number of nitrogens with two attached hydrogens (primary N) is 1. The molecule has 0 spiro atoms. The first kappa shape index (κ1) is 16.9. The van der Waals surface area contributed by atoms with Crippen molar-refractivity contribution in [3.63, 3.8) is 0 Å². The number of methoxy groups -OCH3 is 1. The SMILES string of the molecule is C=C(C)/C(=C/C=C(/N)C(C)OC)CC(C)(C)CO. The van der Waals surface area contributed by atoms with Crippen LogP contribution in [0.3, 0.4) is 0 Å². The maximum absolute atomic E-state index is 9.31. The Morgan fingerprint density at radius 3 is 2.39 bits per heavy atom. The van der Waals surface area contributed by atoms with Gasteiger partial charge in [0, 0.05) is 19.4 Å². The van der Waals surface area contributed by atoms with Gasteiger partial charge in [0.1, 0.15) is 0 Å². The van der Waals surface area contributed by atoms with Crippen LogP contribution in [0.25, 0.3) is 0 Å².